The molecule has 4 heteroatoms. The Hall–Kier alpha value is -1.06. The molecule has 0 saturated heterocycles. The van der Waals surface area contributed by atoms with Gasteiger partial charge in [-0.25, -0.2) is 0 Å². The molecule has 18 heavy (non-hydrogen) atoms. The fourth-order valence-corrected chi connectivity index (χ4v) is 2.08. The van der Waals surface area contributed by atoms with Gasteiger partial charge in [-0.05, 0) is 38.1 Å². The van der Waals surface area contributed by atoms with Crippen molar-refractivity contribution < 1.29 is 4.74 Å². The minimum absolute atomic E-state index is 0.459. The summed E-state index contributed by atoms with van der Waals surface area (Å²) in [6, 6.07) is 7.89. The van der Waals surface area contributed by atoms with Crippen LogP contribution in [0.25, 0.3) is 10.9 Å². The van der Waals surface area contributed by atoms with Gasteiger partial charge in [-0.15, -0.1) is 0 Å². The number of hydrogen-bond acceptors (Lipinski definition) is 2. The third kappa shape index (κ3) is 3.24. The zero-order chi connectivity index (χ0) is 13.1. The van der Waals surface area contributed by atoms with Gasteiger partial charge in [0, 0.05) is 26.7 Å². The number of fused-ring (bicyclic) bond motifs is 1. The Balaban J connectivity index is 2.41. The molecule has 2 rings (SSSR count). The molecule has 1 aromatic heterocycles. The van der Waals surface area contributed by atoms with Crippen LogP contribution < -0.4 is 4.74 Å². The number of pyridine rings is 1. The second-order valence-corrected chi connectivity index (χ2v) is 5.54. The first-order valence-corrected chi connectivity index (χ1v) is 6.75. The van der Waals surface area contributed by atoms with Gasteiger partial charge in [-0.2, -0.15) is 0 Å². The maximum atomic E-state index is 5.78. The largest absolute Gasteiger partial charge is 0.489 e. The minimum Gasteiger partial charge on any atom is -0.489 e. The third-order valence-corrected chi connectivity index (χ3v) is 3.11. The molecular weight excluding hydrogens is 314 g/mol. The normalized spacial score (nSPS) is 11.9. The molecule has 2 aromatic rings. The quantitative estimate of drug-likeness (QED) is 0.806. The molecule has 0 unspecified atom stereocenters. The SMILES string of the molecule is CC(Cl)=CCOc1cc(C)nc2ccc(Br)cc12. The highest BCUT2D eigenvalue weighted by molar-refractivity contribution is 9.10. The maximum Gasteiger partial charge on any atom is 0.131 e. The van der Waals surface area contributed by atoms with Crippen LogP contribution in [-0.2, 0) is 0 Å². The van der Waals surface area contributed by atoms with Crippen molar-refractivity contribution >= 4 is 38.4 Å². The zero-order valence-corrected chi connectivity index (χ0v) is 12.5. The molecule has 0 aliphatic rings. The molecule has 94 valence electrons. The smallest absolute Gasteiger partial charge is 0.131 e. The van der Waals surface area contributed by atoms with Crippen molar-refractivity contribution in [3.05, 3.63) is 45.5 Å². The van der Waals surface area contributed by atoms with E-state index in [4.69, 9.17) is 16.3 Å². The predicted molar refractivity (Wildman–Crippen MR) is 79.3 cm³/mol. The molecule has 0 atom stereocenters. The molecule has 0 aliphatic heterocycles. The van der Waals surface area contributed by atoms with E-state index < -0.39 is 0 Å². The van der Waals surface area contributed by atoms with Gasteiger partial charge in [0.2, 0.25) is 0 Å². The van der Waals surface area contributed by atoms with Crippen molar-refractivity contribution in [2.75, 3.05) is 6.61 Å². The summed E-state index contributed by atoms with van der Waals surface area (Å²) in [5, 5.41) is 1.72. The summed E-state index contributed by atoms with van der Waals surface area (Å²) in [6.45, 7) is 4.24. The van der Waals surface area contributed by atoms with Gasteiger partial charge in [0.05, 0.1) is 5.52 Å². The molecule has 0 amide bonds. The van der Waals surface area contributed by atoms with Crippen molar-refractivity contribution in [2.45, 2.75) is 13.8 Å². The number of aryl methyl sites for hydroxylation is 1. The molecule has 2 nitrogen and oxygen atoms in total. The second-order valence-electron chi connectivity index (χ2n) is 4.03. The number of ether oxygens (including phenoxy) is 1. The van der Waals surface area contributed by atoms with Crippen LogP contribution in [0.5, 0.6) is 5.75 Å². The van der Waals surface area contributed by atoms with Crippen LogP contribution in [0.1, 0.15) is 12.6 Å². The van der Waals surface area contributed by atoms with Crippen LogP contribution in [0.3, 0.4) is 0 Å². The third-order valence-electron chi connectivity index (χ3n) is 2.46. The molecule has 0 radical (unpaired) electrons. The van der Waals surface area contributed by atoms with E-state index >= 15 is 0 Å². The number of rotatable bonds is 3. The first kappa shape index (κ1) is 13.4. The summed E-state index contributed by atoms with van der Waals surface area (Å²) in [5.74, 6) is 0.827. The van der Waals surface area contributed by atoms with Crippen molar-refractivity contribution in [1.82, 2.24) is 4.98 Å². The Morgan fingerprint density at radius 2 is 2.22 bits per heavy atom. The lowest BCUT2D eigenvalue weighted by Crippen LogP contribution is -1.96. The van der Waals surface area contributed by atoms with Gasteiger partial charge in [-0.3, -0.25) is 4.98 Å². The van der Waals surface area contributed by atoms with E-state index in [0.717, 1.165) is 31.9 Å². The average Bonchev–Trinajstić information content (AvgIpc) is 2.29. The average molecular weight is 327 g/mol. The summed E-state index contributed by atoms with van der Waals surface area (Å²) in [6.07, 6.45) is 1.83. The van der Waals surface area contributed by atoms with Crippen molar-refractivity contribution in [3.8, 4) is 5.75 Å². The molecule has 1 heterocycles. The minimum atomic E-state index is 0.459. The van der Waals surface area contributed by atoms with E-state index in [1.165, 1.54) is 0 Å². The molecule has 0 bridgehead atoms. The molecule has 0 spiro atoms. The number of halogens is 2. The molecule has 0 fully saturated rings. The Bertz CT molecular complexity index is 606. The zero-order valence-electron chi connectivity index (χ0n) is 10.2. The lowest BCUT2D eigenvalue weighted by molar-refractivity contribution is 0.366. The Kier molecular flexibility index (Phi) is 4.25. The standard InChI is InChI=1S/C14H13BrClNO/c1-9(16)5-6-18-14-7-10(2)17-13-4-3-11(15)8-12(13)14/h3-5,7-8H,6H2,1-2H3. The van der Waals surface area contributed by atoms with Crippen molar-refractivity contribution in [3.63, 3.8) is 0 Å². The van der Waals surface area contributed by atoms with Gasteiger partial charge in [0.25, 0.3) is 0 Å². The topological polar surface area (TPSA) is 22.1 Å². The summed E-state index contributed by atoms with van der Waals surface area (Å²) >= 11 is 9.24. The fraction of sp³-hybridized carbons (Fsp3) is 0.214. The lowest BCUT2D eigenvalue weighted by atomic mass is 10.2. The molecule has 0 aliphatic carbocycles. The Morgan fingerprint density at radius 1 is 1.44 bits per heavy atom. The van der Waals surface area contributed by atoms with Gasteiger partial charge < -0.3 is 4.74 Å². The van der Waals surface area contributed by atoms with Crippen LogP contribution in [-0.4, -0.2) is 11.6 Å². The summed E-state index contributed by atoms with van der Waals surface area (Å²) in [7, 11) is 0. The Morgan fingerprint density at radius 3 is 2.94 bits per heavy atom. The first-order valence-electron chi connectivity index (χ1n) is 5.58. The van der Waals surface area contributed by atoms with Gasteiger partial charge in [0.1, 0.15) is 12.4 Å². The van der Waals surface area contributed by atoms with E-state index in [1.54, 1.807) is 0 Å². The van der Waals surface area contributed by atoms with Gasteiger partial charge in [0.15, 0.2) is 0 Å². The van der Waals surface area contributed by atoms with Crippen LogP contribution in [0.2, 0.25) is 0 Å². The van der Waals surface area contributed by atoms with E-state index in [-0.39, 0.29) is 0 Å². The molecule has 0 N–H and O–H groups in total. The molecule has 1 aromatic carbocycles. The summed E-state index contributed by atoms with van der Waals surface area (Å²) < 4.78 is 6.75. The number of benzene rings is 1. The molecular formula is C14H13BrClNO. The predicted octanol–water partition coefficient (Wildman–Crippen LogP) is 4.83. The van der Waals surface area contributed by atoms with E-state index in [9.17, 15) is 0 Å². The van der Waals surface area contributed by atoms with Crippen LogP contribution in [0, 0.1) is 6.92 Å². The van der Waals surface area contributed by atoms with E-state index in [0.29, 0.717) is 6.61 Å². The first-order chi connectivity index (χ1) is 8.56. The lowest BCUT2D eigenvalue weighted by Gasteiger charge is -2.09. The Labute approximate surface area is 120 Å². The van der Waals surface area contributed by atoms with Crippen molar-refractivity contribution in [1.29, 1.82) is 0 Å². The van der Waals surface area contributed by atoms with Crippen LogP contribution in [0.4, 0.5) is 0 Å². The second kappa shape index (κ2) is 5.72. The highest BCUT2D eigenvalue weighted by atomic mass is 79.9. The van der Waals surface area contributed by atoms with Gasteiger partial charge in [-0.1, -0.05) is 27.5 Å². The van der Waals surface area contributed by atoms with Crippen molar-refractivity contribution in [2.24, 2.45) is 0 Å². The number of hydrogen-bond donors (Lipinski definition) is 0. The number of allylic oxidation sites excluding steroid dienone is 1. The van der Waals surface area contributed by atoms with E-state index in [1.807, 2.05) is 44.2 Å². The van der Waals surface area contributed by atoms with Gasteiger partial charge >= 0.3 is 0 Å². The van der Waals surface area contributed by atoms with Crippen LogP contribution in [0.15, 0.2) is 39.8 Å². The van der Waals surface area contributed by atoms with E-state index in [2.05, 4.69) is 20.9 Å². The maximum absolute atomic E-state index is 5.78. The summed E-state index contributed by atoms with van der Waals surface area (Å²) in [4.78, 5) is 4.48. The fourth-order valence-electron chi connectivity index (χ4n) is 1.66. The number of aromatic nitrogens is 1. The highest BCUT2D eigenvalue weighted by Crippen LogP contribution is 2.28. The monoisotopic (exact) mass is 325 g/mol. The molecule has 0 saturated carbocycles. The number of nitrogens with zero attached hydrogens (tertiary/aromatic N) is 1. The van der Waals surface area contributed by atoms with Crippen LogP contribution >= 0.6 is 27.5 Å². The highest BCUT2D eigenvalue weighted by Gasteiger charge is 2.05. The summed E-state index contributed by atoms with van der Waals surface area (Å²) in [5.41, 5.74) is 1.87.